The summed E-state index contributed by atoms with van der Waals surface area (Å²) in [4.78, 5) is 27.9. The Kier molecular flexibility index (Phi) is 8.67. The smallest absolute Gasteiger partial charge is 0.242 e. The number of hydrogen-bond donors (Lipinski definition) is 1. The maximum atomic E-state index is 13.0. The van der Waals surface area contributed by atoms with Gasteiger partial charge in [-0.25, -0.2) is 0 Å². The van der Waals surface area contributed by atoms with Gasteiger partial charge in [-0.1, -0.05) is 30.7 Å². The lowest BCUT2D eigenvalue weighted by Crippen LogP contribution is -2.48. The number of hydrogen-bond acceptors (Lipinski definition) is 4. The molecule has 28 heavy (non-hydrogen) atoms. The summed E-state index contributed by atoms with van der Waals surface area (Å²) < 4.78 is 5.18. The third-order valence-corrected chi connectivity index (χ3v) is 5.57. The summed E-state index contributed by atoms with van der Waals surface area (Å²) in [6.07, 6.45) is 0.535. The van der Waals surface area contributed by atoms with Crippen LogP contribution in [0.5, 0.6) is 5.75 Å². The first-order chi connectivity index (χ1) is 13.5. The van der Waals surface area contributed by atoms with E-state index < -0.39 is 6.04 Å². The van der Waals surface area contributed by atoms with Crippen molar-refractivity contribution >= 4 is 35.2 Å². The number of nitrogens with one attached hydrogen (secondary N) is 1. The molecular formula is C21H25ClN2O3S. The van der Waals surface area contributed by atoms with E-state index in [-0.39, 0.29) is 17.6 Å². The summed E-state index contributed by atoms with van der Waals surface area (Å²) in [5, 5.41) is 3.32. The molecule has 0 aliphatic carbocycles. The van der Waals surface area contributed by atoms with E-state index in [1.54, 1.807) is 31.2 Å². The van der Waals surface area contributed by atoms with Gasteiger partial charge in [0.05, 0.1) is 12.9 Å². The molecule has 2 amide bonds. The summed E-state index contributed by atoms with van der Waals surface area (Å²) in [6, 6.07) is 14.3. The van der Waals surface area contributed by atoms with Crippen LogP contribution in [0.2, 0.25) is 5.02 Å². The maximum absolute atomic E-state index is 13.0. The fourth-order valence-corrected chi connectivity index (χ4v) is 3.68. The van der Waals surface area contributed by atoms with Crippen LogP contribution in [-0.4, -0.2) is 42.7 Å². The third-order valence-electron chi connectivity index (χ3n) is 4.32. The van der Waals surface area contributed by atoms with E-state index in [4.69, 9.17) is 16.3 Å². The molecule has 0 aliphatic heterocycles. The van der Waals surface area contributed by atoms with E-state index in [0.29, 0.717) is 18.0 Å². The quantitative estimate of drug-likeness (QED) is 0.623. The number of benzene rings is 2. The molecule has 1 atom stereocenters. The van der Waals surface area contributed by atoms with Gasteiger partial charge >= 0.3 is 0 Å². The topological polar surface area (TPSA) is 58.6 Å². The Balaban J connectivity index is 2.16. The van der Waals surface area contributed by atoms with Crippen molar-refractivity contribution in [2.24, 2.45) is 0 Å². The molecule has 7 heteroatoms. The molecule has 0 aromatic heterocycles. The van der Waals surface area contributed by atoms with E-state index >= 15 is 0 Å². The summed E-state index contributed by atoms with van der Waals surface area (Å²) in [7, 11) is 3.20. The molecular weight excluding hydrogens is 396 g/mol. The van der Waals surface area contributed by atoms with Crippen LogP contribution in [0.4, 0.5) is 0 Å². The fraction of sp³-hybridized carbons (Fsp3) is 0.333. The summed E-state index contributed by atoms with van der Waals surface area (Å²) in [5.41, 5.74) is 0.938. The highest BCUT2D eigenvalue weighted by molar-refractivity contribution is 8.00. The highest BCUT2D eigenvalue weighted by atomic mass is 35.5. The minimum absolute atomic E-state index is 0.0915. The number of amides is 2. The zero-order valence-electron chi connectivity index (χ0n) is 16.3. The number of rotatable bonds is 9. The van der Waals surface area contributed by atoms with Crippen LogP contribution in [0.25, 0.3) is 0 Å². The van der Waals surface area contributed by atoms with Crippen LogP contribution in [0.1, 0.15) is 18.9 Å². The van der Waals surface area contributed by atoms with Crippen molar-refractivity contribution in [2.45, 2.75) is 30.8 Å². The van der Waals surface area contributed by atoms with Gasteiger partial charge in [0.25, 0.3) is 0 Å². The average molecular weight is 421 g/mol. The van der Waals surface area contributed by atoms with Crippen LogP contribution < -0.4 is 10.1 Å². The Bertz CT molecular complexity index is 781. The normalized spacial score (nSPS) is 11.6. The second-order valence-corrected chi connectivity index (χ2v) is 7.64. The van der Waals surface area contributed by atoms with Crippen molar-refractivity contribution < 1.29 is 14.3 Å². The first kappa shape index (κ1) is 22.1. The highest BCUT2D eigenvalue weighted by Gasteiger charge is 2.27. The standard InChI is InChI=1S/C21H25ClN2O3S/c1-4-19(21(26)23-2)24(13-15-5-9-17(27-3)10-6-15)20(25)14-28-18-11-7-16(22)8-12-18/h5-12,19H,4,13-14H2,1-3H3,(H,23,26)/t19-/m0/s1. The number of thioether (sulfide) groups is 1. The number of carbonyl (C=O) groups is 2. The van der Waals surface area contributed by atoms with E-state index in [2.05, 4.69) is 5.32 Å². The fourth-order valence-electron chi connectivity index (χ4n) is 2.77. The van der Waals surface area contributed by atoms with E-state index in [1.165, 1.54) is 11.8 Å². The summed E-state index contributed by atoms with van der Waals surface area (Å²) in [5.74, 6) is 0.732. The molecule has 150 valence electrons. The summed E-state index contributed by atoms with van der Waals surface area (Å²) in [6.45, 7) is 2.26. The van der Waals surface area contributed by atoms with E-state index in [1.807, 2.05) is 43.3 Å². The molecule has 0 spiro atoms. The Morgan fingerprint density at radius 1 is 1.14 bits per heavy atom. The van der Waals surface area contributed by atoms with Crippen molar-refractivity contribution in [3.05, 3.63) is 59.1 Å². The van der Waals surface area contributed by atoms with Crippen molar-refractivity contribution in [1.29, 1.82) is 0 Å². The lowest BCUT2D eigenvalue weighted by atomic mass is 10.1. The minimum Gasteiger partial charge on any atom is -0.497 e. The minimum atomic E-state index is -0.523. The molecule has 0 fully saturated rings. The number of likely N-dealkylation sites (N-methyl/N-ethyl adjacent to an activating group) is 1. The van der Waals surface area contributed by atoms with Gasteiger partial charge in [-0.2, -0.15) is 0 Å². The van der Waals surface area contributed by atoms with Gasteiger partial charge in [0.1, 0.15) is 11.8 Å². The van der Waals surface area contributed by atoms with Gasteiger partial charge in [0.2, 0.25) is 11.8 Å². The number of carbonyl (C=O) groups excluding carboxylic acids is 2. The van der Waals surface area contributed by atoms with Crippen LogP contribution in [0, 0.1) is 0 Å². The number of methoxy groups -OCH3 is 1. The molecule has 2 rings (SSSR count). The lowest BCUT2D eigenvalue weighted by Gasteiger charge is -2.30. The van der Waals surface area contributed by atoms with E-state index in [0.717, 1.165) is 16.2 Å². The predicted octanol–water partition coefficient (Wildman–Crippen LogP) is 3.99. The van der Waals surface area contributed by atoms with Gasteiger partial charge < -0.3 is 15.0 Å². The first-order valence-corrected chi connectivity index (χ1v) is 10.4. The Hall–Kier alpha value is -2.18. The molecule has 0 bridgehead atoms. The molecule has 0 aliphatic rings. The third kappa shape index (κ3) is 6.17. The van der Waals surface area contributed by atoms with Gasteiger partial charge in [0, 0.05) is 23.5 Å². The van der Waals surface area contributed by atoms with Crippen molar-refractivity contribution in [3.63, 3.8) is 0 Å². The molecule has 0 radical (unpaired) electrons. The second-order valence-electron chi connectivity index (χ2n) is 6.15. The van der Waals surface area contributed by atoms with Gasteiger partial charge in [-0.05, 0) is 48.4 Å². The van der Waals surface area contributed by atoms with Crippen LogP contribution in [0.15, 0.2) is 53.4 Å². The van der Waals surface area contributed by atoms with Gasteiger partial charge in [-0.15, -0.1) is 11.8 Å². The molecule has 0 heterocycles. The molecule has 2 aromatic carbocycles. The van der Waals surface area contributed by atoms with Gasteiger partial charge in [0.15, 0.2) is 0 Å². The molecule has 1 N–H and O–H groups in total. The van der Waals surface area contributed by atoms with Crippen molar-refractivity contribution in [2.75, 3.05) is 19.9 Å². The highest BCUT2D eigenvalue weighted by Crippen LogP contribution is 2.22. The largest absolute Gasteiger partial charge is 0.497 e. The van der Waals surface area contributed by atoms with Crippen molar-refractivity contribution in [3.8, 4) is 5.75 Å². The number of ether oxygens (including phenoxy) is 1. The Labute approximate surface area is 175 Å². The lowest BCUT2D eigenvalue weighted by molar-refractivity contribution is -0.139. The Morgan fingerprint density at radius 2 is 1.79 bits per heavy atom. The number of halogens is 1. The molecule has 5 nitrogen and oxygen atoms in total. The zero-order valence-corrected chi connectivity index (χ0v) is 17.8. The second kappa shape index (κ2) is 11.0. The van der Waals surface area contributed by atoms with Crippen LogP contribution in [-0.2, 0) is 16.1 Å². The first-order valence-electron chi connectivity index (χ1n) is 9.00. The SMILES string of the molecule is CC[C@@H](C(=O)NC)N(Cc1ccc(OC)cc1)C(=O)CSc1ccc(Cl)cc1. The average Bonchev–Trinajstić information content (AvgIpc) is 2.73. The molecule has 0 unspecified atom stereocenters. The van der Waals surface area contributed by atoms with Crippen LogP contribution >= 0.6 is 23.4 Å². The predicted molar refractivity (Wildman–Crippen MR) is 114 cm³/mol. The zero-order chi connectivity index (χ0) is 20.5. The van der Waals surface area contributed by atoms with Crippen LogP contribution in [0.3, 0.4) is 0 Å². The van der Waals surface area contributed by atoms with Crippen molar-refractivity contribution in [1.82, 2.24) is 10.2 Å². The Morgan fingerprint density at radius 3 is 2.32 bits per heavy atom. The van der Waals surface area contributed by atoms with Gasteiger partial charge in [-0.3, -0.25) is 9.59 Å². The monoisotopic (exact) mass is 420 g/mol. The molecule has 0 saturated carbocycles. The molecule has 0 saturated heterocycles. The maximum Gasteiger partial charge on any atom is 0.242 e. The number of nitrogens with zero attached hydrogens (tertiary/aromatic N) is 1. The molecule has 2 aromatic rings. The van der Waals surface area contributed by atoms with E-state index in [9.17, 15) is 9.59 Å². The summed E-state index contributed by atoms with van der Waals surface area (Å²) >= 11 is 7.34.